The molecule has 0 saturated heterocycles. The second-order valence-electron chi connectivity index (χ2n) is 8.80. The van der Waals surface area contributed by atoms with Crippen LogP contribution in [0.2, 0.25) is 0 Å². The van der Waals surface area contributed by atoms with Crippen molar-refractivity contribution < 1.29 is 4.79 Å². The quantitative estimate of drug-likeness (QED) is 0.753. The molecule has 0 aliphatic carbocycles. The first kappa shape index (κ1) is 18.2. The first-order chi connectivity index (χ1) is 11.9. The van der Waals surface area contributed by atoms with Crippen LogP contribution < -0.4 is 5.32 Å². The van der Waals surface area contributed by atoms with Gasteiger partial charge in [0.1, 0.15) is 17.2 Å². The number of amides is 1. The Bertz CT molecular complexity index is 966. The van der Waals surface area contributed by atoms with E-state index in [4.69, 9.17) is 5.10 Å². The summed E-state index contributed by atoms with van der Waals surface area (Å²) in [4.78, 5) is 17.2. The van der Waals surface area contributed by atoms with E-state index in [1.807, 2.05) is 40.4 Å². The minimum Gasteiger partial charge on any atom is -0.306 e. The lowest BCUT2D eigenvalue weighted by Gasteiger charge is -2.22. The number of pyridine rings is 1. The lowest BCUT2D eigenvalue weighted by Crippen LogP contribution is -2.27. The zero-order chi connectivity index (χ0) is 19.3. The first-order valence-corrected chi connectivity index (χ1v) is 8.83. The molecule has 0 bridgehead atoms. The van der Waals surface area contributed by atoms with E-state index in [0.29, 0.717) is 11.5 Å². The highest BCUT2D eigenvalue weighted by atomic mass is 16.2. The molecule has 6 nitrogen and oxygen atoms in total. The van der Waals surface area contributed by atoms with E-state index in [2.05, 4.69) is 51.8 Å². The Balaban J connectivity index is 1.96. The fraction of sp³-hybridized carbons (Fsp3) is 0.450. The number of imidazole rings is 1. The van der Waals surface area contributed by atoms with Crippen molar-refractivity contribution in [3.63, 3.8) is 0 Å². The zero-order valence-electron chi connectivity index (χ0n) is 16.6. The van der Waals surface area contributed by atoms with Crippen molar-refractivity contribution in [3.8, 4) is 0 Å². The van der Waals surface area contributed by atoms with Crippen molar-refractivity contribution in [2.24, 2.45) is 0 Å². The summed E-state index contributed by atoms with van der Waals surface area (Å²) in [5.41, 5.74) is 2.84. The van der Waals surface area contributed by atoms with Crippen molar-refractivity contribution in [3.05, 3.63) is 47.5 Å². The van der Waals surface area contributed by atoms with Gasteiger partial charge in [0, 0.05) is 23.9 Å². The highest BCUT2D eigenvalue weighted by Gasteiger charge is 2.26. The Labute approximate surface area is 154 Å². The molecule has 3 heterocycles. The van der Waals surface area contributed by atoms with Gasteiger partial charge in [-0.05, 0) is 45.4 Å². The maximum absolute atomic E-state index is 12.8. The summed E-state index contributed by atoms with van der Waals surface area (Å²) in [5.74, 6) is 0.442. The number of carbonyl (C=O) groups is 1. The van der Waals surface area contributed by atoms with Gasteiger partial charge in [-0.3, -0.25) is 4.79 Å². The van der Waals surface area contributed by atoms with E-state index < -0.39 is 0 Å². The molecule has 0 radical (unpaired) electrons. The Morgan fingerprint density at radius 1 is 1.12 bits per heavy atom. The molecular formula is C20H27N5O. The average molecular weight is 353 g/mol. The number of rotatable bonds is 2. The minimum absolute atomic E-state index is 0.101. The van der Waals surface area contributed by atoms with E-state index in [0.717, 1.165) is 16.9 Å². The number of aromatic nitrogens is 4. The van der Waals surface area contributed by atoms with E-state index in [1.165, 1.54) is 0 Å². The predicted octanol–water partition coefficient (Wildman–Crippen LogP) is 4.14. The first-order valence-electron chi connectivity index (χ1n) is 8.83. The second kappa shape index (κ2) is 5.97. The largest absolute Gasteiger partial charge is 0.306 e. The lowest BCUT2D eigenvalue weighted by molar-refractivity contribution is 0.102. The molecule has 138 valence electrons. The molecule has 0 unspecified atom stereocenters. The summed E-state index contributed by atoms with van der Waals surface area (Å²) in [7, 11) is 0. The molecule has 26 heavy (non-hydrogen) atoms. The number of fused-ring (bicyclic) bond motifs is 1. The maximum atomic E-state index is 12.8. The van der Waals surface area contributed by atoms with Crippen LogP contribution in [0.1, 0.15) is 63.3 Å². The molecule has 3 rings (SSSR count). The molecule has 0 atom stereocenters. The lowest BCUT2D eigenvalue weighted by atomic mass is 9.92. The van der Waals surface area contributed by atoms with Crippen LogP contribution in [0, 0.1) is 6.92 Å². The van der Waals surface area contributed by atoms with Crippen LogP contribution in [0.5, 0.6) is 0 Å². The van der Waals surface area contributed by atoms with Gasteiger partial charge in [-0.1, -0.05) is 20.8 Å². The number of hydrogen-bond donors (Lipinski definition) is 1. The summed E-state index contributed by atoms with van der Waals surface area (Å²) < 4.78 is 3.72. The number of nitrogens with zero attached hydrogens (tertiary/aromatic N) is 4. The molecule has 3 aromatic rings. The summed E-state index contributed by atoms with van der Waals surface area (Å²) >= 11 is 0. The topological polar surface area (TPSA) is 64.2 Å². The molecule has 0 aliphatic rings. The monoisotopic (exact) mass is 353 g/mol. The van der Waals surface area contributed by atoms with Gasteiger partial charge in [-0.2, -0.15) is 5.10 Å². The molecule has 0 aliphatic heterocycles. The molecule has 0 saturated carbocycles. The molecule has 1 N–H and O–H groups in total. The Morgan fingerprint density at radius 3 is 2.42 bits per heavy atom. The van der Waals surface area contributed by atoms with Crippen molar-refractivity contribution in [2.75, 3.05) is 5.32 Å². The van der Waals surface area contributed by atoms with Crippen molar-refractivity contribution in [2.45, 2.75) is 59.4 Å². The van der Waals surface area contributed by atoms with Gasteiger partial charge in [0.2, 0.25) is 0 Å². The number of nitrogens with one attached hydrogen (secondary N) is 1. The van der Waals surface area contributed by atoms with Crippen molar-refractivity contribution >= 4 is 17.4 Å². The molecule has 0 aromatic carbocycles. The van der Waals surface area contributed by atoms with Crippen LogP contribution in [0.25, 0.3) is 5.65 Å². The number of carbonyl (C=O) groups excluding carboxylic acids is 1. The zero-order valence-corrected chi connectivity index (χ0v) is 16.6. The number of hydrogen-bond acceptors (Lipinski definition) is 3. The third kappa shape index (κ3) is 3.49. The Kier molecular flexibility index (Phi) is 4.17. The molecule has 1 amide bonds. The Morgan fingerprint density at radius 2 is 1.81 bits per heavy atom. The van der Waals surface area contributed by atoms with Gasteiger partial charge < -0.3 is 9.72 Å². The van der Waals surface area contributed by atoms with Crippen molar-refractivity contribution in [1.82, 2.24) is 19.2 Å². The third-order valence-electron chi connectivity index (χ3n) is 4.20. The molecule has 6 heteroatoms. The van der Waals surface area contributed by atoms with E-state index in [9.17, 15) is 4.79 Å². The smallest absolute Gasteiger partial charge is 0.277 e. The highest BCUT2D eigenvalue weighted by molar-refractivity contribution is 6.02. The maximum Gasteiger partial charge on any atom is 0.277 e. The molecule has 0 spiro atoms. The minimum atomic E-state index is -0.248. The van der Waals surface area contributed by atoms with E-state index >= 15 is 0 Å². The molecule has 0 fully saturated rings. The Hall–Kier alpha value is -2.63. The van der Waals surface area contributed by atoms with Gasteiger partial charge in [0.05, 0.1) is 11.2 Å². The van der Waals surface area contributed by atoms with E-state index in [-0.39, 0.29) is 16.9 Å². The molecular weight excluding hydrogens is 326 g/mol. The van der Waals surface area contributed by atoms with Crippen LogP contribution in [0.3, 0.4) is 0 Å². The highest BCUT2D eigenvalue weighted by Crippen LogP contribution is 2.28. The molecule has 3 aromatic heterocycles. The fourth-order valence-corrected chi connectivity index (χ4v) is 2.72. The van der Waals surface area contributed by atoms with E-state index in [1.54, 1.807) is 6.20 Å². The normalized spacial score (nSPS) is 12.6. The summed E-state index contributed by atoms with van der Waals surface area (Å²) in [6.45, 7) is 14.5. The summed E-state index contributed by atoms with van der Waals surface area (Å²) in [6.07, 6.45) is 3.65. The van der Waals surface area contributed by atoms with Crippen LogP contribution in [-0.2, 0) is 11.0 Å². The van der Waals surface area contributed by atoms with Crippen LogP contribution in [0.4, 0.5) is 5.82 Å². The predicted molar refractivity (Wildman–Crippen MR) is 104 cm³/mol. The average Bonchev–Trinajstić information content (AvgIpc) is 3.09. The van der Waals surface area contributed by atoms with Gasteiger partial charge >= 0.3 is 0 Å². The summed E-state index contributed by atoms with van der Waals surface area (Å²) in [6, 6.07) is 5.89. The van der Waals surface area contributed by atoms with Gasteiger partial charge in [0.15, 0.2) is 0 Å². The van der Waals surface area contributed by atoms with Crippen molar-refractivity contribution in [1.29, 1.82) is 0 Å². The van der Waals surface area contributed by atoms with Crippen LogP contribution in [-0.4, -0.2) is 25.1 Å². The number of anilines is 1. The van der Waals surface area contributed by atoms with Crippen LogP contribution >= 0.6 is 0 Å². The third-order valence-corrected chi connectivity index (χ3v) is 4.20. The SMILES string of the molecule is Cc1ccn2cc(C(=O)Nc3cc(C(C)(C)C)nn3C(C)(C)C)nc2c1. The van der Waals surface area contributed by atoms with Gasteiger partial charge in [0.25, 0.3) is 5.91 Å². The second-order valence-corrected chi connectivity index (χ2v) is 8.80. The van der Waals surface area contributed by atoms with Crippen LogP contribution in [0.15, 0.2) is 30.6 Å². The fourth-order valence-electron chi connectivity index (χ4n) is 2.72. The summed E-state index contributed by atoms with van der Waals surface area (Å²) in [5, 5.41) is 7.72. The standard InChI is InChI=1S/C20H27N5O/c1-13-8-9-24-12-14(21-16(24)10-13)18(26)22-17-11-15(19(2,3)4)23-25(17)20(5,6)7/h8-12H,1-7H3,(H,22,26). The van der Waals surface area contributed by atoms with Gasteiger partial charge in [-0.15, -0.1) is 0 Å². The number of aryl methyl sites for hydroxylation is 1. The van der Waals surface area contributed by atoms with Gasteiger partial charge in [-0.25, -0.2) is 9.67 Å².